The summed E-state index contributed by atoms with van der Waals surface area (Å²) >= 11 is 6.08. The number of hydrogen-bond donors (Lipinski definition) is 1. The Hall–Kier alpha value is -4.04. The van der Waals surface area contributed by atoms with Crippen molar-refractivity contribution in [3.8, 4) is 0 Å². The van der Waals surface area contributed by atoms with Crippen molar-refractivity contribution in [2.45, 2.75) is 19.4 Å². The highest BCUT2D eigenvalue weighted by molar-refractivity contribution is 6.31. The molecule has 1 N–H and O–H groups in total. The number of nitrogens with zero attached hydrogens (tertiary/aromatic N) is 3. The van der Waals surface area contributed by atoms with Gasteiger partial charge in [-0.05, 0) is 48.9 Å². The first-order valence-electron chi connectivity index (χ1n) is 10.1. The number of hydrazine groups is 1. The maximum absolute atomic E-state index is 13.4. The molecule has 0 radical (unpaired) electrons. The summed E-state index contributed by atoms with van der Waals surface area (Å²) in [7, 11) is 0. The van der Waals surface area contributed by atoms with Gasteiger partial charge in [-0.2, -0.15) is 0 Å². The summed E-state index contributed by atoms with van der Waals surface area (Å²) in [5, 5.41) is 1.27. The number of benzene rings is 2. The molecule has 1 fully saturated rings. The van der Waals surface area contributed by atoms with Crippen LogP contribution in [0.1, 0.15) is 32.7 Å². The van der Waals surface area contributed by atoms with E-state index < -0.39 is 29.7 Å². The van der Waals surface area contributed by atoms with E-state index in [2.05, 4.69) is 10.4 Å². The first-order chi connectivity index (χ1) is 15.9. The van der Waals surface area contributed by atoms with E-state index in [4.69, 9.17) is 11.6 Å². The molecule has 8 nitrogen and oxygen atoms in total. The Kier molecular flexibility index (Phi) is 6.19. The monoisotopic (exact) mass is 462 g/mol. The molecule has 166 valence electrons. The lowest BCUT2D eigenvalue weighted by atomic mass is 10.1. The summed E-state index contributed by atoms with van der Waals surface area (Å²) in [5.41, 5.74) is 3.97. The standard InChI is InChI=1S/C24H19ClN4O4/c1-15-9-10-18(25)12-19(15)28-21(30)13-20(24(28)33)29(23(32)17-8-5-11-26-14-17)27-22(31)16-6-3-2-4-7-16/h2-12,14,20H,13H2,1H3,(H,27,31). The van der Waals surface area contributed by atoms with E-state index in [1.807, 2.05) is 0 Å². The molecule has 2 heterocycles. The van der Waals surface area contributed by atoms with Gasteiger partial charge >= 0.3 is 0 Å². The highest BCUT2D eigenvalue weighted by Gasteiger charge is 2.46. The number of anilines is 1. The molecule has 33 heavy (non-hydrogen) atoms. The second-order valence-corrected chi connectivity index (χ2v) is 7.88. The Balaban J connectivity index is 1.70. The molecule has 0 aliphatic carbocycles. The maximum atomic E-state index is 13.4. The zero-order valence-electron chi connectivity index (χ0n) is 17.6. The molecule has 4 amide bonds. The van der Waals surface area contributed by atoms with Crippen LogP contribution in [0.5, 0.6) is 0 Å². The van der Waals surface area contributed by atoms with E-state index in [-0.39, 0.29) is 12.0 Å². The van der Waals surface area contributed by atoms with Crippen LogP contribution in [0, 0.1) is 6.92 Å². The highest BCUT2D eigenvalue weighted by atomic mass is 35.5. The minimum absolute atomic E-state index is 0.156. The first-order valence-corrected chi connectivity index (χ1v) is 10.5. The van der Waals surface area contributed by atoms with Gasteiger partial charge in [0.15, 0.2) is 0 Å². The average Bonchev–Trinajstić information content (AvgIpc) is 3.13. The lowest BCUT2D eigenvalue weighted by molar-refractivity contribution is -0.122. The Morgan fingerprint density at radius 2 is 1.79 bits per heavy atom. The summed E-state index contributed by atoms with van der Waals surface area (Å²) in [4.78, 5) is 57.3. The third-order valence-electron chi connectivity index (χ3n) is 5.23. The van der Waals surface area contributed by atoms with Gasteiger partial charge in [0.2, 0.25) is 5.91 Å². The molecule has 4 rings (SSSR count). The van der Waals surface area contributed by atoms with Gasteiger partial charge in [0.1, 0.15) is 6.04 Å². The molecular formula is C24H19ClN4O4. The van der Waals surface area contributed by atoms with Crippen LogP contribution in [0.25, 0.3) is 0 Å². The van der Waals surface area contributed by atoms with Crippen molar-refractivity contribution in [1.82, 2.24) is 15.4 Å². The molecule has 1 aromatic heterocycles. The van der Waals surface area contributed by atoms with Crippen LogP contribution >= 0.6 is 11.6 Å². The summed E-state index contributed by atoms with van der Waals surface area (Å²) in [6.45, 7) is 1.75. The van der Waals surface area contributed by atoms with E-state index in [1.54, 1.807) is 55.5 Å². The molecule has 1 aliphatic rings. The average molecular weight is 463 g/mol. The van der Waals surface area contributed by atoms with Crippen molar-refractivity contribution >= 4 is 40.9 Å². The lowest BCUT2D eigenvalue weighted by Crippen LogP contribution is -2.54. The van der Waals surface area contributed by atoms with E-state index in [0.29, 0.717) is 21.8 Å². The van der Waals surface area contributed by atoms with Crippen molar-refractivity contribution in [3.05, 3.63) is 94.8 Å². The van der Waals surface area contributed by atoms with Crippen LogP contribution < -0.4 is 10.3 Å². The van der Waals surface area contributed by atoms with Gasteiger partial charge in [0.25, 0.3) is 17.7 Å². The van der Waals surface area contributed by atoms with Crippen LogP contribution in [-0.2, 0) is 9.59 Å². The quantitative estimate of drug-likeness (QED) is 0.474. The number of carbonyl (C=O) groups excluding carboxylic acids is 4. The van der Waals surface area contributed by atoms with Crippen LogP contribution in [0.4, 0.5) is 5.69 Å². The van der Waals surface area contributed by atoms with Gasteiger partial charge in [-0.25, -0.2) is 9.91 Å². The van der Waals surface area contributed by atoms with Gasteiger partial charge in [-0.15, -0.1) is 0 Å². The number of nitrogens with one attached hydrogen (secondary N) is 1. The molecule has 1 atom stereocenters. The number of carbonyl (C=O) groups is 4. The molecule has 0 spiro atoms. The third kappa shape index (κ3) is 4.47. The topological polar surface area (TPSA) is 99.7 Å². The maximum Gasteiger partial charge on any atom is 0.274 e. The second kappa shape index (κ2) is 9.22. The van der Waals surface area contributed by atoms with Crippen LogP contribution in [0.15, 0.2) is 73.1 Å². The normalized spacial score (nSPS) is 15.5. The van der Waals surface area contributed by atoms with Gasteiger partial charge in [0.05, 0.1) is 17.7 Å². The summed E-state index contributed by atoms with van der Waals surface area (Å²) < 4.78 is 0. The van der Waals surface area contributed by atoms with Gasteiger partial charge < -0.3 is 0 Å². The van der Waals surface area contributed by atoms with Gasteiger partial charge in [-0.3, -0.25) is 29.6 Å². The van der Waals surface area contributed by atoms with Crippen molar-refractivity contribution in [3.63, 3.8) is 0 Å². The summed E-state index contributed by atoms with van der Waals surface area (Å²) in [6, 6.07) is 15.0. The molecule has 1 unspecified atom stereocenters. The van der Waals surface area contributed by atoms with E-state index in [0.717, 1.165) is 9.91 Å². The van der Waals surface area contributed by atoms with Crippen LogP contribution in [0.3, 0.4) is 0 Å². The third-order valence-corrected chi connectivity index (χ3v) is 5.47. The molecule has 3 aromatic rings. The van der Waals surface area contributed by atoms with E-state index in [9.17, 15) is 19.2 Å². The highest BCUT2D eigenvalue weighted by Crippen LogP contribution is 2.30. The zero-order chi connectivity index (χ0) is 23.5. The Labute approximate surface area is 194 Å². The van der Waals surface area contributed by atoms with Crippen molar-refractivity contribution in [2.75, 3.05) is 4.90 Å². The SMILES string of the molecule is Cc1ccc(Cl)cc1N1C(=O)CC(N(NC(=O)c2ccccc2)C(=O)c2cccnc2)C1=O. The number of pyridine rings is 1. The molecule has 1 saturated heterocycles. The van der Waals surface area contributed by atoms with Gasteiger partial charge in [0, 0.05) is 23.0 Å². The first kappa shape index (κ1) is 22.2. The van der Waals surface area contributed by atoms with E-state index >= 15 is 0 Å². The molecule has 2 aromatic carbocycles. The number of halogens is 1. The smallest absolute Gasteiger partial charge is 0.274 e. The lowest BCUT2D eigenvalue weighted by Gasteiger charge is -2.28. The predicted molar refractivity (Wildman–Crippen MR) is 121 cm³/mol. The van der Waals surface area contributed by atoms with Gasteiger partial charge in [-0.1, -0.05) is 35.9 Å². The second-order valence-electron chi connectivity index (χ2n) is 7.44. The molecule has 1 aliphatic heterocycles. The van der Waals surface area contributed by atoms with Crippen LogP contribution in [-0.4, -0.2) is 39.7 Å². The van der Waals surface area contributed by atoms with Crippen molar-refractivity contribution in [2.24, 2.45) is 0 Å². The number of amides is 4. The Bertz CT molecular complexity index is 1230. The number of hydrogen-bond acceptors (Lipinski definition) is 5. The van der Waals surface area contributed by atoms with Crippen molar-refractivity contribution in [1.29, 1.82) is 0 Å². The number of rotatable bonds is 4. The zero-order valence-corrected chi connectivity index (χ0v) is 18.3. The minimum Gasteiger partial charge on any atom is -0.274 e. The molecular weight excluding hydrogens is 444 g/mol. The number of aromatic nitrogens is 1. The molecule has 0 bridgehead atoms. The fraction of sp³-hybridized carbons (Fsp3) is 0.125. The Morgan fingerprint density at radius 3 is 2.48 bits per heavy atom. The molecule has 9 heteroatoms. The Morgan fingerprint density at radius 1 is 1.06 bits per heavy atom. The molecule has 0 saturated carbocycles. The predicted octanol–water partition coefficient (Wildman–Crippen LogP) is 3.16. The largest absolute Gasteiger partial charge is 0.274 e. The van der Waals surface area contributed by atoms with Crippen molar-refractivity contribution < 1.29 is 19.2 Å². The number of imide groups is 1. The minimum atomic E-state index is -1.24. The summed E-state index contributed by atoms with van der Waals surface area (Å²) in [5.74, 6) is -2.40. The van der Waals surface area contributed by atoms with E-state index in [1.165, 1.54) is 24.5 Å². The van der Waals surface area contributed by atoms with Crippen LogP contribution in [0.2, 0.25) is 5.02 Å². The summed E-state index contributed by atoms with van der Waals surface area (Å²) in [6.07, 6.45) is 2.52. The fourth-order valence-corrected chi connectivity index (χ4v) is 3.72. The number of aryl methyl sites for hydroxylation is 1. The fourth-order valence-electron chi connectivity index (χ4n) is 3.56.